The van der Waals surface area contributed by atoms with Crippen LogP contribution in [0.1, 0.15) is 0 Å². The molecule has 1 aliphatic rings. The van der Waals surface area contributed by atoms with E-state index >= 15 is 0 Å². The molecule has 0 aromatic rings. The van der Waals surface area contributed by atoms with Crippen molar-refractivity contribution in [1.29, 1.82) is 0 Å². The summed E-state index contributed by atoms with van der Waals surface area (Å²) in [5.74, 6) is 0. The second-order valence-electron chi connectivity index (χ2n) is 1.08. The number of aliphatic imine (C=N–C) groups is 1. The quantitative estimate of drug-likeness (QED) is 0.459. The fraction of sp³-hybridized carbons (Fsp3) is 0.667. The zero-order chi connectivity index (χ0) is 3.70. The van der Waals surface area contributed by atoms with E-state index in [9.17, 15) is 0 Å². The predicted octanol–water partition coefficient (Wildman–Crippen LogP) is -0.146. The van der Waals surface area contributed by atoms with Gasteiger partial charge in [-0.05, 0) is 0 Å². The molecule has 0 aliphatic carbocycles. The van der Waals surface area contributed by atoms with Gasteiger partial charge in [0.15, 0.2) is 0 Å². The first kappa shape index (κ1) is 5.92. The van der Waals surface area contributed by atoms with Crippen molar-refractivity contribution in [3.8, 4) is 0 Å². The van der Waals surface area contributed by atoms with E-state index in [0.29, 0.717) is 6.54 Å². The Morgan fingerprint density at radius 1 is 1.83 bits per heavy atom. The Labute approximate surface area is 42.3 Å². The molecule has 0 aromatic heterocycles. The van der Waals surface area contributed by atoms with Gasteiger partial charge in [-0.3, -0.25) is 4.99 Å². The molecule has 0 amide bonds. The molecule has 1 rings (SSSR count). The summed E-state index contributed by atoms with van der Waals surface area (Å²) in [6.07, 6.45) is 1.30. The van der Waals surface area contributed by atoms with E-state index in [-0.39, 0.29) is 18.5 Å². The molecule has 0 spiro atoms. The average molecular weight is 108 g/mol. The summed E-state index contributed by atoms with van der Waals surface area (Å²) >= 11 is 0. The lowest BCUT2D eigenvalue weighted by atomic mass is 10.3. The summed E-state index contributed by atoms with van der Waals surface area (Å²) in [6.45, 7) is 0.611. The molecule has 0 bridgehead atoms. The van der Waals surface area contributed by atoms with Gasteiger partial charge in [0.25, 0.3) is 0 Å². The van der Waals surface area contributed by atoms with Gasteiger partial charge in [0.1, 0.15) is 6.10 Å². The Morgan fingerprint density at radius 2 is 2.17 bits per heavy atom. The highest BCUT2D eigenvalue weighted by Crippen LogP contribution is 1.88. The largest absolute Gasteiger partial charge is 0.386 e. The first-order valence-electron chi connectivity index (χ1n) is 1.57. The summed E-state index contributed by atoms with van der Waals surface area (Å²) in [6, 6.07) is 0. The van der Waals surface area contributed by atoms with Gasteiger partial charge in [0.05, 0.1) is 6.54 Å². The van der Waals surface area contributed by atoms with Crippen LogP contribution < -0.4 is 0 Å². The highest BCUT2D eigenvalue weighted by atomic mass is 35.5. The maximum Gasteiger partial charge on any atom is 0.108 e. The Kier molecular flexibility index (Phi) is 2.13. The van der Waals surface area contributed by atoms with Crippen molar-refractivity contribution in [2.75, 3.05) is 6.54 Å². The molecule has 1 unspecified atom stereocenters. The fourth-order valence-electron chi connectivity index (χ4n) is 0.200. The fourth-order valence-corrected chi connectivity index (χ4v) is 0.200. The molecular formula is C3H6ClNO. The van der Waals surface area contributed by atoms with Crippen LogP contribution in [0.5, 0.6) is 0 Å². The van der Waals surface area contributed by atoms with Crippen LogP contribution in [0.25, 0.3) is 0 Å². The molecule has 1 aliphatic heterocycles. The van der Waals surface area contributed by atoms with Crippen molar-refractivity contribution < 1.29 is 5.11 Å². The molecule has 1 heterocycles. The SMILES string of the molecule is Cl.OC1C=NC1. The summed E-state index contributed by atoms with van der Waals surface area (Å²) in [7, 11) is 0. The van der Waals surface area contributed by atoms with Crippen molar-refractivity contribution in [2.45, 2.75) is 6.10 Å². The molecule has 2 nitrogen and oxygen atoms in total. The van der Waals surface area contributed by atoms with E-state index in [0.717, 1.165) is 0 Å². The van der Waals surface area contributed by atoms with E-state index < -0.39 is 0 Å². The Balaban J connectivity index is 0.000000250. The van der Waals surface area contributed by atoms with Crippen molar-refractivity contribution in [2.24, 2.45) is 4.99 Å². The van der Waals surface area contributed by atoms with Gasteiger partial charge in [-0.15, -0.1) is 12.4 Å². The number of aliphatic hydroxyl groups excluding tert-OH is 1. The highest BCUT2D eigenvalue weighted by Gasteiger charge is 2.02. The highest BCUT2D eigenvalue weighted by molar-refractivity contribution is 5.85. The molecule has 0 saturated carbocycles. The second kappa shape index (κ2) is 2.16. The van der Waals surface area contributed by atoms with E-state index in [2.05, 4.69) is 4.99 Å². The minimum Gasteiger partial charge on any atom is -0.386 e. The van der Waals surface area contributed by atoms with Gasteiger partial charge >= 0.3 is 0 Å². The first-order valence-corrected chi connectivity index (χ1v) is 1.57. The van der Waals surface area contributed by atoms with Gasteiger partial charge in [0.2, 0.25) is 0 Å². The van der Waals surface area contributed by atoms with Crippen LogP contribution in [0, 0.1) is 0 Å². The van der Waals surface area contributed by atoms with E-state index in [4.69, 9.17) is 5.11 Å². The smallest absolute Gasteiger partial charge is 0.108 e. The molecular weight excluding hydrogens is 101 g/mol. The van der Waals surface area contributed by atoms with Gasteiger partial charge in [-0.2, -0.15) is 0 Å². The molecule has 6 heavy (non-hydrogen) atoms. The minimum absolute atomic E-state index is 0. The topological polar surface area (TPSA) is 32.6 Å². The summed E-state index contributed by atoms with van der Waals surface area (Å²) in [5, 5.41) is 8.30. The van der Waals surface area contributed by atoms with E-state index in [1.807, 2.05) is 0 Å². The lowest BCUT2D eigenvalue weighted by molar-refractivity contribution is 0.239. The maximum absolute atomic E-state index is 8.30. The van der Waals surface area contributed by atoms with Crippen molar-refractivity contribution in [3.05, 3.63) is 0 Å². The Bertz CT molecular complexity index is 63.8. The van der Waals surface area contributed by atoms with Gasteiger partial charge in [-0.1, -0.05) is 0 Å². The van der Waals surface area contributed by atoms with Crippen LogP contribution in [0.2, 0.25) is 0 Å². The van der Waals surface area contributed by atoms with Gasteiger partial charge < -0.3 is 5.11 Å². The van der Waals surface area contributed by atoms with Crippen LogP contribution in [-0.4, -0.2) is 24.0 Å². The third-order valence-electron chi connectivity index (χ3n) is 0.570. The molecule has 0 radical (unpaired) electrons. The lowest BCUT2D eigenvalue weighted by Gasteiger charge is -2.06. The van der Waals surface area contributed by atoms with Crippen LogP contribution in [0.15, 0.2) is 4.99 Å². The molecule has 0 aromatic carbocycles. The van der Waals surface area contributed by atoms with Crippen LogP contribution in [0.4, 0.5) is 0 Å². The third-order valence-corrected chi connectivity index (χ3v) is 0.570. The average Bonchev–Trinajstić information content (AvgIpc) is 1.30. The molecule has 0 fully saturated rings. The standard InChI is InChI=1S/C3H5NO.ClH/c5-3-1-4-2-3;/h1,3,5H,2H2;1H. The molecule has 3 heteroatoms. The third kappa shape index (κ3) is 0.954. The Hall–Kier alpha value is -0.0800. The Morgan fingerprint density at radius 3 is 2.17 bits per heavy atom. The minimum atomic E-state index is -0.227. The molecule has 1 atom stereocenters. The van der Waals surface area contributed by atoms with Crippen molar-refractivity contribution in [1.82, 2.24) is 0 Å². The summed E-state index contributed by atoms with van der Waals surface area (Å²) in [4.78, 5) is 3.62. The van der Waals surface area contributed by atoms with Crippen molar-refractivity contribution >= 4 is 18.6 Å². The van der Waals surface area contributed by atoms with E-state index in [1.54, 1.807) is 0 Å². The molecule has 1 N–H and O–H groups in total. The second-order valence-corrected chi connectivity index (χ2v) is 1.08. The van der Waals surface area contributed by atoms with Gasteiger partial charge in [-0.25, -0.2) is 0 Å². The number of aliphatic hydroxyl groups is 1. The molecule has 0 saturated heterocycles. The number of hydrogen-bond donors (Lipinski definition) is 1. The summed E-state index contributed by atoms with van der Waals surface area (Å²) < 4.78 is 0. The van der Waals surface area contributed by atoms with Crippen LogP contribution in [0.3, 0.4) is 0 Å². The van der Waals surface area contributed by atoms with Crippen LogP contribution in [-0.2, 0) is 0 Å². The first-order chi connectivity index (χ1) is 2.39. The number of nitrogens with zero attached hydrogens (tertiary/aromatic N) is 1. The summed E-state index contributed by atoms with van der Waals surface area (Å²) in [5.41, 5.74) is 0. The number of hydrogen-bond acceptors (Lipinski definition) is 2. The predicted molar refractivity (Wildman–Crippen MR) is 26.6 cm³/mol. The maximum atomic E-state index is 8.30. The number of rotatable bonds is 0. The zero-order valence-corrected chi connectivity index (χ0v) is 3.98. The van der Waals surface area contributed by atoms with Gasteiger partial charge in [0, 0.05) is 6.21 Å². The zero-order valence-electron chi connectivity index (χ0n) is 3.16. The molecule has 36 valence electrons. The monoisotopic (exact) mass is 107 g/mol. The van der Waals surface area contributed by atoms with Crippen LogP contribution >= 0.6 is 12.4 Å². The van der Waals surface area contributed by atoms with E-state index in [1.165, 1.54) is 6.21 Å². The number of halogens is 1. The normalized spacial score (nSPS) is 27.8. The van der Waals surface area contributed by atoms with Crippen molar-refractivity contribution in [3.63, 3.8) is 0 Å². The lowest BCUT2D eigenvalue weighted by Crippen LogP contribution is -2.20.